The minimum absolute atomic E-state index is 0.0630. The SMILES string of the molecule is CCCC(=O)N1CCCN(C(=O)c2cccc(NC(C)=O)c2)CC1. The largest absolute Gasteiger partial charge is 0.341 e. The molecule has 1 aromatic carbocycles. The van der Waals surface area contributed by atoms with E-state index in [1.54, 1.807) is 29.2 Å². The van der Waals surface area contributed by atoms with Crippen LogP contribution in [0, 0.1) is 0 Å². The van der Waals surface area contributed by atoms with E-state index in [1.807, 2.05) is 11.8 Å². The Labute approximate surface area is 142 Å². The third-order valence-electron chi connectivity index (χ3n) is 4.03. The molecule has 0 saturated carbocycles. The molecule has 1 saturated heterocycles. The van der Waals surface area contributed by atoms with E-state index in [1.165, 1.54) is 6.92 Å². The van der Waals surface area contributed by atoms with Crippen LogP contribution in [0.2, 0.25) is 0 Å². The van der Waals surface area contributed by atoms with Gasteiger partial charge in [-0.05, 0) is 31.0 Å². The molecule has 0 atom stereocenters. The Bertz CT molecular complexity index is 615. The molecule has 0 aliphatic carbocycles. The highest BCUT2D eigenvalue weighted by molar-refractivity contribution is 5.96. The molecule has 6 nitrogen and oxygen atoms in total. The molecule has 1 N–H and O–H groups in total. The third-order valence-corrected chi connectivity index (χ3v) is 4.03. The van der Waals surface area contributed by atoms with Crippen LogP contribution < -0.4 is 5.32 Å². The number of nitrogens with zero attached hydrogens (tertiary/aromatic N) is 2. The molecule has 130 valence electrons. The lowest BCUT2D eigenvalue weighted by Crippen LogP contribution is -2.37. The van der Waals surface area contributed by atoms with Crippen molar-refractivity contribution in [2.45, 2.75) is 33.1 Å². The molecular formula is C18H25N3O3. The van der Waals surface area contributed by atoms with Crippen LogP contribution >= 0.6 is 0 Å². The van der Waals surface area contributed by atoms with Crippen LogP contribution in [-0.4, -0.2) is 53.7 Å². The molecule has 24 heavy (non-hydrogen) atoms. The second-order valence-corrected chi connectivity index (χ2v) is 6.04. The molecule has 0 radical (unpaired) electrons. The van der Waals surface area contributed by atoms with E-state index >= 15 is 0 Å². The summed E-state index contributed by atoms with van der Waals surface area (Å²) >= 11 is 0. The van der Waals surface area contributed by atoms with E-state index in [2.05, 4.69) is 5.32 Å². The predicted octanol–water partition coefficient (Wildman–Crippen LogP) is 2.12. The molecule has 1 heterocycles. The highest BCUT2D eigenvalue weighted by Gasteiger charge is 2.22. The number of hydrogen-bond acceptors (Lipinski definition) is 3. The summed E-state index contributed by atoms with van der Waals surface area (Å²) in [6.07, 6.45) is 2.19. The molecule has 1 aliphatic rings. The lowest BCUT2D eigenvalue weighted by atomic mass is 10.1. The fourth-order valence-corrected chi connectivity index (χ4v) is 2.86. The van der Waals surface area contributed by atoms with Gasteiger partial charge >= 0.3 is 0 Å². The molecule has 2 rings (SSSR count). The Kier molecular flexibility index (Phi) is 6.35. The van der Waals surface area contributed by atoms with Gasteiger partial charge in [-0.1, -0.05) is 13.0 Å². The van der Waals surface area contributed by atoms with Crippen LogP contribution in [0.1, 0.15) is 43.5 Å². The Morgan fingerprint density at radius 2 is 1.79 bits per heavy atom. The fraction of sp³-hybridized carbons (Fsp3) is 0.500. The van der Waals surface area contributed by atoms with E-state index < -0.39 is 0 Å². The standard InChI is InChI=1S/C18H25N3O3/c1-3-6-17(23)20-9-5-10-21(12-11-20)18(24)15-7-4-8-16(13-15)19-14(2)22/h4,7-8,13H,3,5-6,9-12H2,1-2H3,(H,19,22). The van der Waals surface area contributed by atoms with Crippen LogP contribution in [0.3, 0.4) is 0 Å². The first-order valence-corrected chi connectivity index (χ1v) is 8.46. The van der Waals surface area contributed by atoms with E-state index in [-0.39, 0.29) is 17.7 Å². The second-order valence-electron chi connectivity index (χ2n) is 6.04. The molecular weight excluding hydrogens is 306 g/mol. The zero-order valence-corrected chi connectivity index (χ0v) is 14.4. The fourth-order valence-electron chi connectivity index (χ4n) is 2.86. The number of anilines is 1. The van der Waals surface area contributed by atoms with Gasteiger partial charge in [0.15, 0.2) is 0 Å². The first kappa shape index (κ1) is 18.0. The number of rotatable bonds is 4. The Balaban J connectivity index is 2.02. The van der Waals surface area contributed by atoms with Gasteiger partial charge in [-0.25, -0.2) is 0 Å². The van der Waals surface area contributed by atoms with Gasteiger partial charge in [0, 0.05) is 50.8 Å². The van der Waals surface area contributed by atoms with Crippen molar-refractivity contribution in [3.05, 3.63) is 29.8 Å². The quantitative estimate of drug-likeness (QED) is 0.919. The van der Waals surface area contributed by atoms with Crippen molar-refractivity contribution >= 4 is 23.4 Å². The lowest BCUT2D eigenvalue weighted by molar-refractivity contribution is -0.131. The van der Waals surface area contributed by atoms with Gasteiger partial charge in [0.1, 0.15) is 0 Å². The summed E-state index contributed by atoms with van der Waals surface area (Å²) in [7, 11) is 0. The van der Waals surface area contributed by atoms with Gasteiger partial charge in [-0.2, -0.15) is 0 Å². The van der Waals surface area contributed by atoms with Crippen molar-refractivity contribution in [2.75, 3.05) is 31.5 Å². The van der Waals surface area contributed by atoms with E-state index in [9.17, 15) is 14.4 Å². The summed E-state index contributed by atoms with van der Waals surface area (Å²) in [4.78, 5) is 39.5. The maximum Gasteiger partial charge on any atom is 0.253 e. The molecule has 1 aliphatic heterocycles. The number of carbonyl (C=O) groups is 3. The normalized spacial score (nSPS) is 14.9. The van der Waals surface area contributed by atoms with E-state index in [4.69, 9.17) is 0 Å². The first-order valence-electron chi connectivity index (χ1n) is 8.46. The Morgan fingerprint density at radius 1 is 1.08 bits per heavy atom. The molecule has 1 fully saturated rings. The van der Waals surface area contributed by atoms with Crippen LogP contribution in [0.4, 0.5) is 5.69 Å². The second kappa shape index (κ2) is 8.47. The van der Waals surface area contributed by atoms with Gasteiger partial charge in [-0.3, -0.25) is 14.4 Å². The van der Waals surface area contributed by atoms with E-state index in [0.29, 0.717) is 43.9 Å². The number of hydrogen-bond donors (Lipinski definition) is 1. The average molecular weight is 331 g/mol. The van der Waals surface area contributed by atoms with Crippen LogP contribution in [0.15, 0.2) is 24.3 Å². The smallest absolute Gasteiger partial charge is 0.253 e. The molecule has 1 aromatic rings. The van der Waals surface area contributed by atoms with Crippen molar-refractivity contribution in [1.29, 1.82) is 0 Å². The summed E-state index contributed by atoms with van der Waals surface area (Å²) in [5.41, 5.74) is 1.16. The van der Waals surface area contributed by atoms with Crippen LogP contribution in [0.5, 0.6) is 0 Å². The minimum atomic E-state index is -0.167. The van der Waals surface area contributed by atoms with E-state index in [0.717, 1.165) is 12.8 Å². The molecule has 6 heteroatoms. The maximum absolute atomic E-state index is 12.7. The first-order chi connectivity index (χ1) is 11.5. The number of nitrogens with one attached hydrogen (secondary N) is 1. The zero-order valence-electron chi connectivity index (χ0n) is 14.4. The predicted molar refractivity (Wildman–Crippen MR) is 92.8 cm³/mol. The van der Waals surface area contributed by atoms with Gasteiger partial charge in [0.05, 0.1) is 0 Å². The molecule has 0 unspecified atom stereocenters. The topological polar surface area (TPSA) is 69.7 Å². The summed E-state index contributed by atoms with van der Waals surface area (Å²) in [5, 5.41) is 2.69. The summed E-state index contributed by atoms with van der Waals surface area (Å²) < 4.78 is 0. The molecule has 0 bridgehead atoms. The number of amides is 3. The van der Waals surface area contributed by atoms with Crippen molar-refractivity contribution in [3.63, 3.8) is 0 Å². The van der Waals surface area contributed by atoms with Crippen molar-refractivity contribution in [3.8, 4) is 0 Å². The number of carbonyl (C=O) groups excluding carboxylic acids is 3. The lowest BCUT2D eigenvalue weighted by Gasteiger charge is -2.22. The Morgan fingerprint density at radius 3 is 2.50 bits per heavy atom. The monoisotopic (exact) mass is 331 g/mol. The molecule has 0 spiro atoms. The zero-order chi connectivity index (χ0) is 17.5. The van der Waals surface area contributed by atoms with Gasteiger partial charge in [0.25, 0.3) is 5.91 Å². The van der Waals surface area contributed by atoms with Gasteiger partial charge < -0.3 is 15.1 Å². The van der Waals surface area contributed by atoms with Crippen molar-refractivity contribution < 1.29 is 14.4 Å². The van der Waals surface area contributed by atoms with Gasteiger partial charge in [-0.15, -0.1) is 0 Å². The summed E-state index contributed by atoms with van der Waals surface area (Å²) in [6.45, 7) is 5.89. The highest BCUT2D eigenvalue weighted by Crippen LogP contribution is 2.15. The highest BCUT2D eigenvalue weighted by atomic mass is 16.2. The average Bonchev–Trinajstić information content (AvgIpc) is 2.80. The van der Waals surface area contributed by atoms with Crippen LogP contribution in [-0.2, 0) is 9.59 Å². The molecule has 0 aromatic heterocycles. The number of benzene rings is 1. The third kappa shape index (κ3) is 4.81. The minimum Gasteiger partial charge on any atom is -0.341 e. The summed E-state index contributed by atoms with van der Waals surface area (Å²) in [5.74, 6) is -0.0640. The molecule has 3 amide bonds. The van der Waals surface area contributed by atoms with Crippen LogP contribution in [0.25, 0.3) is 0 Å². The Hall–Kier alpha value is -2.37. The maximum atomic E-state index is 12.7. The van der Waals surface area contributed by atoms with Crippen molar-refractivity contribution in [2.24, 2.45) is 0 Å². The summed E-state index contributed by atoms with van der Waals surface area (Å²) in [6, 6.07) is 6.95. The van der Waals surface area contributed by atoms with Gasteiger partial charge in [0.2, 0.25) is 11.8 Å². The van der Waals surface area contributed by atoms with Crippen molar-refractivity contribution in [1.82, 2.24) is 9.80 Å².